The fraction of sp³-hybridized carbons (Fsp3) is 0.522. The number of rotatable bonds is 4. The second-order valence-corrected chi connectivity index (χ2v) is 9.21. The summed E-state index contributed by atoms with van der Waals surface area (Å²) in [5, 5.41) is 0. The standard InChI is InChI=1S/C23H29N5O4/c1-13-10-17(25-14(2)18(13)22(31)32-5)27-8-9-28(23(3,4)12-27)21(30)16-11-24-20(29)19(26-16)15-6-7-15/h10-11,15H,6-9,12H2,1-5H3,(H,24,29). The smallest absolute Gasteiger partial charge is 0.339 e. The number of piperazine rings is 1. The van der Waals surface area contributed by atoms with Gasteiger partial charge in [-0.15, -0.1) is 0 Å². The molecule has 2 aromatic heterocycles. The van der Waals surface area contributed by atoms with E-state index in [9.17, 15) is 14.4 Å². The molecule has 0 spiro atoms. The first-order valence-corrected chi connectivity index (χ1v) is 10.9. The fourth-order valence-corrected chi connectivity index (χ4v) is 4.41. The molecule has 0 bridgehead atoms. The number of carbonyl (C=O) groups excluding carboxylic acids is 2. The number of pyridine rings is 1. The van der Waals surface area contributed by atoms with Crippen LogP contribution in [-0.4, -0.2) is 64.0 Å². The fourth-order valence-electron chi connectivity index (χ4n) is 4.41. The molecule has 1 saturated heterocycles. The van der Waals surface area contributed by atoms with Gasteiger partial charge in [-0.2, -0.15) is 0 Å². The predicted molar refractivity (Wildman–Crippen MR) is 119 cm³/mol. The molecule has 1 aliphatic carbocycles. The zero-order valence-electron chi connectivity index (χ0n) is 19.2. The Bertz CT molecular complexity index is 1110. The number of aromatic nitrogens is 3. The predicted octanol–water partition coefficient (Wildman–Crippen LogP) is 2.19. The van der Waals surface area contributed by atoms with Crippen LogP contribution in [0.5, 0.6) is 0 Å². The average molecular weight is 440 g/mol. The molecule has 0 aromatic carbocycles. The number of carbonyl (C=O) groups is 2. The van der Waals surface area contributed by atoms with Crippen molar-refractivity contribution in [3.63, 3.8) is 0 Å². The molecule has 2 fully saturated rings. The number of nitrogens with one attached hydrogen (secondary N) is 1. The first-order chi connectivity index (χ1) is 15.1. The van der Waals surface area contributed by atoms with Gasteiger partial charge < -0.3 is 19.5 Å². The highest BCUT2D eigenvalue weighted by molar-refractivity contribution is 5.93. The minimum atomic E-state index is -0.489. The molecule has 2 aliphatic rings. The second-order valence-electron chi connectivity index (χ2n) is 9.21. The Labute approximate surface area is 186 Å². The normalized spacial score (nSPS) is 17.9. The van der Waals surface area contributed by atoms with Gasteiger partial charge in [-0.1, -0.05) is 0 Å². The molecule has 32 heavy (non-hydrogen) atoms. The molecular formula is C23H29N5O4. The van der Waals surface area contributed by atoms with Crippen LogP contribution < -0.4 is 10.5 Å². The minimum absolute atomic E-state index is 0.168. The number of aromatic amines is 1. The first kappa shape index (κ1) is 22.0. The highest BCUT2D eigenvalue weighted by Gasteiger charge is 2.39. The van der Waals surface area contributed by atoms with Crippen molar-refractivity contribution in [1.82, 2.24) is 19.9 Å². The van der Waals surface area contributed by atoms with Crippen LogP contribution in [-0.2, 0) is 4.74 Å². The molecule has 1 amide bonds. The maximum Gasteiger partial charge on any atom is 0.339 e. The lowest BCUT2D eigenvalue weighted by Gasteiger charge is -2.47. The number of H-pyrrole nitrogens is 1. The van der Waals surface area contributed by atoms with E-state index < -0.39 is 11.5 Å². The van der Waals surface area contributed by atoms with Gasteiger partial charge in [-0.05, 0) is 52.2 Å². The number of aryl methyl sites for hydroxylation is 2. The van der Waals surface area contributed by atoms with Crippen molar-refractivity contribution in [2.45, 2.75) is 52.0 Å². The monoisotopic (exact) mass is 439 g/mol. The summed E-state index contributed by atoms with van der Waals surface area (Å²) in [7, 11) is 1.36. The Balaban J connectivity index is 1.55. The van der Waals surface area contributed by atoms with Crippen LogP contribution in [0.25, 0.3) is 0 Å². The molecule has 9 nitrogen and oxygen atoms in total. The van der Waals surface area contributed by atoms with Crippen LogP contribution in [0, 0.1) is 13.8 Å². The maximum atomic E-state index is 13.3. The number of methoxy groups -OCH3 is 1. The summed E-state index contributed by atoms with van der Waals surface area (Å²) < 4.78 is 4.87. The number of ether oxygens (including phenoxy) is 1. The number of hydrogen-bond acceptors (Lipinski definition) is 7. The van der Waals surface area contributed by atoms with Crippen molar-refractivity contribution in [3.05, 3.63) is 50.8 Å². The summed E-state index contributed by atoms with van der Waals surface area (Å²) in [6.07, 6.45) is 3.30. The van der Waals surface area contributed by atoms with E-state index in [4.69, 9.17) is 4.74 Å². The number of anilines is 1. The van der Waals surface area contributed by atoms with Gasteiger partial charge in [-0.25, -0.2) is 14.8 Å². The molecule has 9 heteroatoms. The quantitative estimate of drug-likeness (QED) is 0.728. The van der Waals surface area contributed by atoms with Crippen LogP contribution >= 0.6 is 0 Å². The Morgan fingerprint density at radius 2 is 1.91 bits per heavy atom. The van der Waals surface area contributed by atoms with E-state index in [0.717, 1.165) is 24.2 Å². The van der Waals surface area contributed by atoms with Crippen LogP contribution in [0.1, 0.15) is 70.4 Å². The number of hydrogen-bond donors (Lipinski definition) is 1. The van der Waals surface area contributed by atoms with E-state index in [2.05, 4.69) is 19.9 Å². The summed E-state index contributed by atoms with van der Waals surface area (Å²) in [6.45, 7) is 9.34. The van der Waals surface area contributed by atoms with Crippen LogP contribution in [0.4, 0.5) is 5.82 Å². The average Bonchev–Trinajstić information content (AvgIpc) is 3.57. The molecule has 4 rings (SSSR count). The SMILES string of the molecule is COC(=O)c1c(C)cc(N2CCN(C(=O)c3c[nH]c(=O)c(C4CC4)n3)C(C)(C)C2)nc1C. The lowest BCUT2D eigenvalue weighted by Crippen LogP contribution is -2.61. The van der Waals surface area contributed by atoms with Gasteiger partial charge in [-0.3, -0.25) is 9.59 Å². The van der Waals surface area contributed by atoms with E-state index in [1.165, 1.54) is 13.3 Å². The number of nitrogens with zero attached hydrogens (tertiary/aromatic N) is 4. The molecule has 0 unspecified atom stereocenters. The Morgan fingerprint density at radius 1 is 1.19 bits per heavy atom. The second kappa shape index (κ2) is 8.03. The van der Waals surface area contributed by atoms with E-state index >= 15 is 0 Å². The molecule has 170 valence electrons. The maximum absolute atomic E-state index is 13.3. The van der Waals surface area contributed by atoms with Crippen molar-refractivity contribution < 1.29 is 14.3 Å². The molecule has 1 aliphatic heterocycles. The Hall–Kier alpha value is -3.23. The largest absolute Gasteiger partial charge is 0.465 e. The lowest BCUT2D eigenvalue weighted by molar-refractivity contribution is 0.0505. The first-order valence-electron chi connectivity index (χ1n) is 10.9. The molecule has 1 N–H and O–H groups in total. The molecule has 1 saturated carbocycles. The lowest BCUT2D eigenvalue weighted by atomic mass is 9.97. The van der Waals surface area contributed by atoms with E-state index in [1.54, 1.807) is 6.92 Å². The number of esters is 1. The highest BCUT2D eigenvalue weighted by atomic mass is 16.5. The van der Waals surface area contributed by atoms with Gasteiger partial charge in [0.15, 0.2) is 0 Å². The molecule has 2 aromatic rings. The van der Waals surface area contributed by atoms with Gasteiger partial charge >= 0.3 is 5.97 Å². The molecule has 3 heterocycles. The Morgan fingerprint density at radius 3 is 2.50 bits per heavy atom. The zero-order valence-corrected chi connectivity index (χ0v) is 19.2. The van der Waals surface area contributed by atoms with E-state index in [1.807, 2.05) is 31.7 Å². The summed E-state index contributed by atoms with van der Waals surface area (Å²) >= 11 is 0. The van der Waals surface area contributed by atoms with Gasteiger partial charge in [0, 0.05) is 31.7 Å². The third-order valence-electron chi connectivity index (χ3n) is 6.24. The van der Waals surface area contributed by atoms with E-state index in [-0.39, 0.29) is 23.1 Å². The summed E-state index contributed by atoms with van der Waals surface area (Å²) in [6, 6.07) is 1.89. The molecule has 0 radical (unpaired) electrons. The third-order valence-corrected chi connectivity index (χ3v) is 6.24. The zero-order chi connectivity index (χ0) is 23.2. The van der Waals surface area contributed by atoms with Crippen LogP contribution in [0.3, 0.4) is 0 Å². The topological polar surface area (TPSA) is 108 Å². The molecule has 0 atom stereocenters. The van der Waals surface area contributed by atoms with Crippen molar-refractivity contribution in [3.8, 4) is 0 Å². The summed E-state index contributed by atoms with van der Waals surface area (Å²) in [4.78, 5) is 53.0. The van der Waals surface area contributed by atoms with Gasteiger partial charge in [0.05, 0.1) is 23.9 Å². The molecular weight excluding hydrogens is 410 g/mol. The van der Waals surface area contributed by atoms with Crippen molar-refractivity contribution in [2.75, 3.05) is 31.6 Å². The van der Waals surface area contributed by atoms with Crippen molar-refractivity contribution >= 4 is 17.7 Å². The van der Waals surface area contributed by atoms with Gasteiger partial charge in [0.2, 0.25) is 0 Å². The van der Waals surface area contributed by atoms with Gasteiger partial charge in [0.1, 0.15) is 17.2 Å². The number of amides is 1. The van der Waals surface area contributed by atoms with Crippen LogP contribution in [0.2, 0.25) is 0 Å². The Kier molecular flexibility index (Phi) is 5.52. The van der Waals surface area contributed by atoms with Crippen molar-refractivity contribution in [1.29, 1.82) is 0 Å². The highest BCUT2D eigenvalue weighted by Crippen LogP contribution is 2.37. The summed E-state index contributed by atoms with van der Waals surface area (Å²) in [5.41, 5.74) is 1.96. The van der Waals surface area contributed by atoms with Gasteiger partial charge in [0.25, 0.3) is 11.5 Å². The third kappa shape index (κ3) is 3.99. The van der Waals surface area contributed by atoms with Crippen molar-refractivity contribution in [2.24, 2.45) is 0 Å². The summed E-state index contributed by atoms with van der Waals surface area (Å²) in [5.74, 6) is 0.357. The van der Waals surface area contributed by atoms with E-state index in [0.29, 0.717) is 36.6 Å². The minimum Gasteiger partial charge on any atom is -0.465 e. The van der Waals surface area contributed by atoms with Crippen LogP contribution in [0.15, 0.2) is 17.1 Å².